The topological polar surface area (TPSA) is 55.6 Å². The van der Waals surface area contributed by atoms with Crippen LogP contribution in [-0.4, -0.2) is 26.2 Å². The van der Waals surface area contributed by atoms with Crippen LogP contribution in [0.5, 0.6) is 0 Å². The summed E-state index contributed by atoms with van der Waals surface area (Å²) in [7, 11) is 0. The van der Waals surface area contributed by atoms with Crippen LogP contribution in [0.2, 0.25) is 0 Å². The molecule has 96 valence electrons. The van der Waals surface area contributed by atoms with E-state index in [4.69, 9.17) is 0 Å². The van der Waals surface area contributed by atoms with Crippen molar-refractivity contribution < 1.29 is 0 Å². The Bertz CT molecular complexity index is 465. The van der Waals surface area contributed by atoms with Gasteiger partial charge in [0.2, 0.25) is 5.95 Å². The van der Waals surface area contributed by atoms with Crippen LogP contribution < -0.4 is 5.32 Å². The van der Waals surface area contributed by atoms with Gasteiger partial charge >= 0.3 is 0 Å². The van der Waals surface area contributed by atoms with E-state index >= 15 is 0 Å². The number of hydrogen-bond acceptors (Lipinski definition) is 4. The Morgan fingerprint density at radius 2 is 2.06 bits per heavy atom. The van der Waals surface area contributed by atoms with Crippen LogP contribution in [0.15, 0.2) is 30.3 Å². The molecule has 1 heterocycles. The van der Waals surface area contributed by atoms with Gasteiger partial charge in [-0.1, -0.05) is 43.1 Å². The molecule has 0 saturated heterocycles. The summed E-state index contributed by atoms with van der Waals surface area (Å²) >= 11 is 0. The molecule has 5 nitrogen and oxygen atoms in total. The van der Waals surface area contributed by atoms with E-state index in [-0.39, 0.29) is 0 Å². The zero-order valence-electron chi connectivity index (χ0n) is 10.9. The maximum absolute atomic E-state index is 4.03. The van der Waals surface area contributed by atoms with Gasteiger partial charge in [-0.3, -0.25) is 0 Å². The SMILES string of the molecule is CCCCC(C)Nc1nnnn1-c1ccccc1. The number of aromatic nitrogens is 4. The smallest absolute Gasteiger partial charge is 0.247 e. The van der Waals surface area contributed by atoms with Gasteiger partial charge < -0.3 is 5.32 Å². The van der Waals surface area contributed by atoms with Crippen LogP contribution in [-0.2, 0) is 0 Å². The summed E-state index contributed by atoms with van der Waals surface area (Å²) < 4.78 is 1.72. The lowest BCUT2D eigenvalue weighted by Crippen LogP contribution is -2.18. The maximum Gasteiger partial charge on any atom is 0.247 e. The van der Waals surface area contributed by atoms with Crippen LogP contribution in [0.4, 0.5) is 5.95 Å². The molecule has 0 fully saturated rings. The zero-order chi connectivity index (χ0) is 12.8. The van der Waals surface area contributed by atoms with Crippen molar-refractivity contribution in [3.05, 3.63) is 30.3 Å². The lowest BCUT2D eigenvalue weighted by molar-refractivity contribution is 0.638. The summed E-state index contributed by atoms with van der Waals surface area (Å²) in [5.41, 5.74) is 0.965. The minimum atomic E-state index is 0.374. The summed E-state index contributed by atoms with van der Waals surface area (Å²) in [6.07, 6.45) is 3.54. The molecule has 0 aliphatic rings. The Morgan fingerprint density at radius 1 is 1.28 bits per heavy atom. The van der Waals surface area contributed by atoms with Crippen LogP contribution in [0.1, 0.15) is 33.1 Å². The zero-order valence-corrected chi connectivity index (χ0v) is 10.9. The minimum absolute atomic E-state index is 0.374. The van der Waals surface area contributed by atoms with Gasteiger partial charge in [0, 0.05) is 6.04 Å². The molecule has 18 heavy (non-hydrogen) atoms. The highest BCUT2D eigenvalue weighted by molar-refractivity contribution is 5.38. The van der Waals surface area contributed by atoms with Crippen LogP contribution >= 0.6 is 0 Å². The number of benzene rings is 1. The second kappa shape index (κ2) is 6.14. The fraction of sp³-hybridized carbons (Fsp3) is 0.462. The molecular weight excluding hydrogens is 226 g/mol. The molecule has 2 aromatic rings. The van der Waals surface area contributed by atoms with Gasteiger partial charge in [0.15, 0.2) is 0 Å². The number of tetrazole rings is 1. The minimum Gasteiger partial charge on any atom is -0.350 e. The summed E-state index contributed by atoms with van der Waals surface area (Å²) in [5.74, 6) is 0.699. The number of para-hydroxylation sites is 1. The second-order valence-electron chi connectivity index (χ2n) is 4.44. The molecule has 0 aliphatic carbocycles. The predicted molar refractivity (Wildman–Crippen MR) is 71.8 cm³/mol. The fourth-order valence-corrected chi connectivity index (χ4v) is 1.82. The third-order valence-electron chi connectivity index (χ3n) is 2.84. The molecule has 1 unspecified atom stereocenters. The van der Waals surface area contributed by atoms with Gasteiger partial charge in [-0.2, -0.15) is 4.68 Å². The number of nitrogens with zero attached hydrogens (tertiary/aromatic N) is 4. The Kier molecular flexibility index (Phi) is 4.28. The number of nitrogens with one attached hydrogen (secondary N) is 1. The van der Waals surface area contributed by atoms with Gasteiger partial charge in [-0.25, -0.2) is 0 Å². The average Bonchev–Trinajstić information content (AvgIpc) is 2.85. The molecule has 0 amide bonds. The molecular formula is C13H19N5. The van der Waals surface area contributed by atoms with Crippen LogP contribution in [0.3, 0.4) is 0 Å². The molecule has 2 rings (SSSR count). The Labute approximate surface area is 107 Å². The Morgan fingerprint density at radius 3 is 2.78 bits per heavy atom. The normalized spacial score (nSPS) is 12.3. The summed E-state index contributed by atoms with van der Waals surface area (Å²) in [6.45, 7) is 4.35. The van der Waals surface area contributed by atoms with Crippen molar-refractivity contribution in [2.75, 3.05) is 5.32 Å². The largest absolute Gasteiger partial charge is 0.350 e. The van der Waals surface area contributed by atoms with Crippen molar-refractivity contribution in [2.24, 2.45) is 0 Å². The summed E-state index contributed by atoms with van der Waals surface area (Å²) in [5, 5.41) is 15.1. The summed E-state index contributed by atoms with van der Waals surface area (Å²) in [4.78, 5) is 0. The van der Waals surface area contributed by atoms with E-state index in [0.717, 1.165) is 12.1 Å². The quantitative estimate of drug-likeness (QED) is 0.850. The molecule has 1 atom stereocenters. The van der Waals surface area contributed by atoms with E-state index in [2.05, 4.69) is 34.7 Å². The van der Waals surface area contributed by atoms with Crippen molar-refractivity contribution in [1.82, 2.24) is 20.2 Å². The Balaban J connectivity index is 2.09. The molecule has 1 N–H and O–H groups in total. The number of anilines is 1. The van der Waals surface area contributed by atoms with E-state index < -0.39 is 0 Å². The predicted octanol–water partition coefficient (Wildman–Crippen LogP) is 2.65. The average molecular weight is 245 g/mol. The third-order valence-corrected chi connectivity index (χ3v) is 2.84. The van der Waals surface area contributed by atoms with E-state index in [9.17, 15) is 0 Å². The lowest BCUT2D eigenvalue weighted by atomic mass is 10.1. The molecule has 0 bridgehead atoms. The van der Waals surface area contributed by atoms with Crippen molar-refractivity contribution in [1.29, 1.82) is 0 Å². The maximum atomic E-state index is 4.03. The fourth-order valence-electron chi connectivity index (χ4n) is 1.82. The molecule has 5 heteroatoms. The number of hydrogen-bond donors (Lipinski definition) is 1. The van der Waals surface area contributed by atoms with E-state index in [0.29, 0.717) is 12.0 Å². The van der Waals surface area contributed by atoms with E-state index in [1.165, 1.54) is 12.8 Å². The first-order chi connectivity index (χ1) is 8.81. The lowest BCUT2D eigenvalue weighted by Gasteiger charge is -2.13. The first-order valence-electron chi connectivity index (χ1n) is 6.41. The molecule has 0 spiro atoms. The van der Waals surface area contributed by atoms with Crippen molar-refractivity contribution in [3.63, 3.8) is 0 Å². The van der Waals surface area contributed by atoms with Gasteiger partial charge in [0.1, 0.15) is 0 Å². The summed E-state index contributed by atoms with van der Waals surface area (Å²) in [6, 6.07) is 10.3. The monoisotopic (exact) mass is 245 g/mol. The Hall–Kier alpha value is -1.91. The number of rotatable bonds is 6. The standard InChI is InChI=1S/C13H19N5/c1-3-4-8-11(2)14-13-15-16-17-18(13)12-9-6-5-7-10-12/h5-7,9-11H,3-4,8H2,1-2H3,(H,14,15,17). The second-order valence-corrected chi connectivity index (χ2v) is 4.44. The molecule has 0 radical (unpaired) electrons. The third kappa shape index (κ3) is 3.06. The van der Waals surface area contributed by atoms with Gasteiger partial charge in [0.05, 0.1) is 5.69 Å². The van der Waals surface area contributed by atoms with E-state index in [1.807, 2.05) is 30.3 Å². The van der Waals surface area contributed by atoms with E-state index in [1.54, 1.807) is 4.68 Å². The molecule has 0 saturated carbocycles. The van der Waals surface area contributed by atoms with Gasteiger partial charge in [-0.15, -0.1) is 0 Å². The highest BCUT2D eigenvalue weighted by Crippen LogP contribution is 2.12. The van der Waals surface area contributed by atoms with Crippen molar-refractivity contribution >= 4 is 5.95 Å². The first kappa shape index (κ1) is 12.5. The van der Waals surface area contributed by atoms with Crippen molar-refractivity contribution in [2.45, 2.75) is 39.2 Å². The van der Waals surface area contributed by atoms with Crippen LogP contribution in [0.25, 0.3) is 5.69 Å². The van der Waals surface area contributed by atoms with Crippen LogP contribution in [0, 0.1) is 0 Å². The number of unbranched alkanes of at least 4 members (excludes halogenated alkanes) is 1. The van der Waals surface area contributed by atoms with Gasteiger partial charge in [-0.05, 0) is 35.9 Å². The molecule has 1 aromatic heterocycles. The van der Waals surface area contributed by atoms with Gasteiger partial charge in [0.25, 0.3) is 0 Å². The molecule has 1 aromatic carbocycles. The molecule has 0 aliphatic heterocycles. The highest BCUT2D eigenvalue weighted by Gasteiger charge is 2.10. The highest BCUT2D eigenvalue weighted by atomic mass is 15.6. The first-order valence-corrected chi connectivity index (χ1v) is 6.41. The van der Waals surface area contributed by atoms with Crippen molar-refractivity contribution in [3.8, 4) is 5.69 Å².